The van der Waals surface area contributed by atoms with Crippen molar-refractivity contribution in [2.75, 3.05) is 6.61 Å². The molecule has 0 heterocycles. The number of rotatable bonds is 8. The standard InChI is InChI=1S/C16H30O6/c1-10(2)13(18)21-9-8-12(17)15(5,6)16(7,20)22-14(19)11(3)4/h10-12,17,20H,8-9H2,1-7H3. The van der Waals surface area contributed by atoms with E-state index < -0.39 is 23.3 Å². The Morgan fingerprint density at radius 2 is 1.45 bits per heavy atom. The highest BCUT2D eigenvalue weighted by atomic mass is 16.7. The van der Waals surface area contributed by atoms with Gasteiger partial charge in [-0.15, -0.1) is 0 Å². The van der Waals surface area contributed by atoms with E-state index in [1.54, 1.807) is 41.5 Å². The van der Waals surface area contributed by atoms with Crippen LogP contribution < -0.4 is 0 Å². The van der Waals surface area contributed by atoms with Crippen molar-refractivity contribution in [1.29, 1.82) is 0 Å². The van der Waals surface area contributed by atoms with Crippen LogP contribution in [-0.4, -0.2) is 40.6 Å². The fourth-order valence-electron chi connectivity index (χ4n) is 1.55. The first-order chi connectivity index (χ1) is 9.83. The first-order valence-electron chi connectivity index (χ1n) is 7.62. The summed E-state index contributed by atoms with van der Waals surface area (Å²) in [5.41, 5.74) is -1.12. The highest BCUT2D eigenvalue weighted by Crippen LogP contribution is 2.37. The second kappa shape index (κ2) is 7.92. The summed E-state index contributed by atoms with van der Waals surface area (Å²) >= 11 is 0. The third kappa shape index (κ3) is 5.57. The molecule has 6 heteroatoms. The molecule has 0 saturated carbocycles. The van der Waals surface area contributed by atoms with Gasteiger partial charge in [-0.3, -0.25) is 9.59 Å². The summed E-state index contributed by atoms with van der Waals surface area (Å²) in [6.45, 7) is 11.3. The minimum atomic E-state index is -1.84. The Morgan fingerprint density at radius 3 is 1.86 bits per heavy atom. The normalized spacial score (nSPS) is 16.3. The van der Waals surface area contributed by atoms with Gasteiger partial charge in [0.05, 0.1) is 30.0 Å². The topological polar surface area (TPSA) is 93.1 Å². The highest BCUT2D eigenvalue weighted by Gasteiger charge is 2.48. The van der Waals surface area contributed by atoms with Crippen LogP contribution in [0.2, 0.25) is 0 Å². The molecule has 0 aliphatic heterocycles. The Balaban J connectivity index is 4.68. The molecular formula is C16H30O6. The lowest BCUT2D eigenvalue weighted by molar-refractivity contribution is -0.266. The molecule has 0 spiro atoms. The van der Waals surface area contributed by atoms with Crippen molar-refractivity contribution in [3.05, 3.63) is 0 Å². The van der Waals surface area contributed by atoms with Gasteiger partial charge in [0.25, 0.3) is 0 Å². The van der Waals surface area contributed by atoms with Gasteiger partial charge in [-0.2, -0.15) is 0 Å². The molecule has 0 fully saturated rings. The zero-order chi connectivity index (χ0) is 17.7. The van der Waals surface area contributed by atoms with Crippen LogP contribution >= 0.6 is 0 Å². The molecule has 22 heavy (non-hydrogen) atoms. The van der Waals surface area contributed by atoms with Crippen LogP contribution in [0.1, 0.15) is 54.9 Å². The summed E-state index contributed by atoms with van der Waals surface area (Å²) in [6.07, 6.45) is -0.872. The number of aliphatic hydroxyl groups excluding tert-OH is 1. The van der Waals surface area contributed by atoms with Gasteiger partial charge in [0.15, 0.2) is 0 Å². The average molecular weight is 318 g/mol. The first-order valence-corrected chi connectivity index (χ1v) is 7.62. The van der Waals surface area contributed by atoms with E-state index in [9.17, 15) is 19.8 Å². The van der Waals surface area contributed by atoms with Gasteiger partial charge >= 0.3 is 11.9 Å². The lowest BCUT2D eigenvalue weighted by Gasteiger charge is -2.42. The lowest BCUT2D eigenvalue weighted by Crippen LogP contribution is -2.53. The number of carbonyl (C=O) groups excluding carboxylic acids is 2. The van der Waals surface area contributed by atoms with Crippen molar-refractivity contribution >= 4 is 11.9 Å². The van der Waals surface area contributed by atoms with E-state index >= 15 is 0 Å². The molecule has 0 radical (unpaired) electrons. The molecule has 0 rings (SSSR count). The monoisotopic (exact) mass is 318 g/mol. The molecule has 0 aliphatic rings. The SMILES string of the molecule is CC(C)C(=O)OCCC(O)C(C)(C)C(C)(O)OC(=O)C(C)C. The lowest BCUT2D eigenvalue weighted by atomic mass is 9.77. The van der Waals surface area contributed by atoms with Crippen molar-refractivity contribution in [2.45, 2.75) is 66.8 Å². The fourth-order valence-corrected chi connectivity index (χ4v) is 1.55. The summed E-state index contributed by atoms with van der Waals surface area (Å²) in [7, 11) is 0. The molecule has 0 bridgehead atoms. The minimum Gasteiger partial charge on any atom is -0.465 e. The zero-order valence-corrected chi connectivity index (χ0v) is 14.7. The van der Waals surface area contributed by atoms with E-state index in [2.05, 4.69) is 0 Å². The number of carbonyl (C=O) groups is 2. The van der Waals surface area contributed by atoms with E-state index in [0.717, 1.165) is 0 Å². The van der Waals surface area contributed by atoms with Crippen LogP contribution in [-0.2, 0) is 19.1 Å². The summed E-state index contributed by atoms with van der Waals surface area (Å²) in [4.78, 5) is 23.0. The Morgan fingerprint density at radius 1 is 1.00 bits per heavy atom. The van der Waals surface area contributed by atoms with Crippen molar-refractivity contribution in [3.63, 3.8) is 0 Å². The number of ether oxygens (including phenoxy) is 2. The van der Waals surface area contributed by atoms with E-state index in [-0.39, 0.29) is 30.8 Å². The molecule has 0 aromatic heterocycles. The van der Waals surface area contributed by atoms with E-state index in [1.807, 2.05) is 0 Å². The van der Waals surface area contributed by atoms with E-state index in [4.69, 9.17) is 9.47 Å². The largest absolute Gasteiger partial charge is 0.465 e. The molecule has 6 nitrogen and oxygen atoms in total. The van der Waals surface area contributed by atoms with Gasteiger partial charge in [0.2, 0.25) is 5.79 Å². The molecule has 2 atom stereocenters. The van der Waals surface area contributed by atoms with Gasteiger partial charge in [-0.1, -0.05) is 41.5 Å². The third-order valence-electron chi connectivity index (χ3n) is 3.91. The van der Waals surface area contributed by atoms with Crippen LogP contribution in [0.5, 0.6) is 0 Å². The van der Waals surface area contributed by atoms with Crippen molar-refractivity contribution in [3.8, 4) is 0 Å². The molecule has 0 aromatic rings. The summed E-state index contributed by atoms with van der Waals surface area (Å²) < 4.78 is 10.1. The van der Waals surface area contributed by atoms with Crippen LogP contribution in [0, 0.1) is 17.3 Å². The number of aliphatic hydroxyl groups is 2. The van der Waals surface area contributed by atoms with Gasteiger partial charge in [-0.05, 0) is 0 Å². The van der Waals surface area contributed by atoms with E-state index in [1.165, 1.54) is 6.92 Å². The maximum atomic E-state index is 11.7. The number of hydrogen-bond acceptors (Lipinski definition) is 6. The molecule has 2 unspecified atom stereocenters. The maximum absolute atomic E-state index is 11.7. The van der Waals surface area contributed by atoms with Crippen LogP contribution in [0.3, 0.4) is 0 Å². The number of esters is 2. The van der Waals surface area contributed by atoms with Gasteiger partial charge in [-0.25, -0.2) is 0 Å². The van der Waals surface area contributed by atoms with Crippen LogP contribution in [0.4, 0.5) is 0 Å². The molecule has 0 aliphatic carbocycles. The smallest absolute Gasteiger partial charge is 0.310 e. The second-order valence-electron chi connectivity index (χ2n) is 6.91. The fraction of sp³-hybridized carbons (Fsp3) is 0.875. The molecule has 2 N–H and O–H groups in total. The zero-order valence-electron chi connectivity index (χ0n) is 14.7. The second-order valence-corrected chi connectivity index (χ2v) is 6.91. The molecule has 0 aromatic carbocycles. The number of hydrogen-bond donors (Lipinski definition) is 2. The molecule has 0 saturated heterocycles. The minimum absolute atomic E-state index is 0.0375. The van der Waals surface area contributed by atoms with Crippen molar-refractivity contribution in [2.24, 2.45) is 17.3 Å². The van der Waals surface area contributed by atoms with Crippen molar-refractivity contribution in [1.82, 2.24) is 0 Å². The average Bonchev–Trinajstić information content (AvgIpc) is 2.37. The Hall–Kier alpha value is -1.14. The molecule has 130 valence electrons. The Bertz CT molecular complexity index is 384. The molecular weight excluding hydrogens is 288 g/mol. The Kier molecular flexibility index (Phi) is 7.51. The summed E-state index contributed by atoms with van der Waals surface area (Å²) in [6, 6.07) is 0. The third-order valence-corrected chi connectivity index (χ3v) is 3.91. The summed E-state index contributed by atoms with van der Waals surface area (Å²) in [5, 5.41) is 20.7. The Labute approximate surface area is 132 Å². The quantitative estimate of drug-likeness (QED) is 0.524. The maximum Gasteiger partial charge on any atom is 0.310 e. The van der Waals surface area contributed by atoms with E-state index in [0.29, 0.717) is 0 Å². The van der Waals surface area contributed by atoms with Crippen molar-refractivity contribution < 1.29 is 29.3 Å². The predicted octanol–water partition coefficient (Wildman–Crippen LogP) is 1.87. The predicted molar refractivity (Wildman–Crippen MR) is 81.8 cm³/mol. The van der Waals surface area contributed by atoms with Gasteiger partial charge in [0, 0.05) is 13.3 Å². The first kappa shape index (κ1) is 20.9. The molecule has 0 amide bonds. The van der Waals surface area contributed by atoms with Gasteiger partial charge in [0.1, 0.15) is 0 Å². The highest BCUT2D eigenvalue weighted by molar-refractivity contribution is 5.72. The summed E-state index contributed by atoms with van der Waals surface area (Å²) in [5.74, 6) is -3.35. The van der Waals surface area contributed by atoms with Crippen LogP contribution in [0.25, 0.3) is 0 Å². The van der Waals surface area contributed by atoms with Gasteiger partial charge < -0.3 is 19.7 Å². The van der Waals surface area contributed by atoms with Crippen LogP contribution in [0.15, 0.2) is 0 Å².